The number of nitrogens with two attached hydrogens (primary N) is 1. The number of amides is 5. The predicted octanol–water partition coefficient (Wildman–Crippen LogP) is 3.47. The molecule has 6 rings (SSSR count). The summed E-state index contributed by atoms with van der Waals surface area (Å²) in [5, 5.41) is 26.5. The molecule has 0 spiro atoms. The molecule has 1 atom stereocenters. The quantitative estimate of drug-likeness (QED) is 0.0956. The molecule has 6 N–H and O–H groups in total. The number of hydrogen-bond donors (Lipinski definition) is 5. The highest BCUT2D eigenvalue weighted by Crippen LogP contribution is 2.33. The number of phenols is 1. The van der Waals surface area contributed by atoms with Crippen LogP contribution in [0.25, 0.3) is 11.3 Å². The van der Waals surface area contributed by atoms with Crippen LogP contribution in [-0.4, -0.2) is 75.5 Å². The molecule has 14 heteroatoms. The number of phenolic OH excluding ortho intramolecular Hbond substituents is 1. The van der Waals surface area contributed by atoms with E-state index >= 15 is 0 Å². The molecule has 1 aromatic heterocycles. The van der Waals surface area contributed by atoms with Crippen molar-refractivity contribution in [1.29, 1.82) is 0 Å². The predicted molar refractivity (Wildman–Crippen MR) is 187 cm³/mol. The molecule has 0 saturated carbocycles. The number of nitrogen functional groups attached to an aromatic ring is 1. The second kappa shape index (κ2) is 15.5. The Morgan fingerprint density at radius 3 is 2.47 bits per heavy atom. The minimum Gasteiger partial charge on any atom is -0.507 e. The summed E-state index contributed by atoms with van der Waals surface area (Å²) < 4.78 is 5.86. The number of nitrogens with one attached hydrogen (secondary N) is 3. The Kier molecular flexibility index (Phi) is 10.5. The van der Waals surface area contributed by atoms with Gasteiger partial charge in [-0.1, -0.05) is 30.3 Å². The molecule has 3 heterocycles. The van der Waals surface area contributed by atoms with Gasteiger partial charge in [-0.15, -0.1) is 10.2 Å². The Bertz CT molecular complexity index is 1980. The molecule has 262 valence electrons. The highest BCUT2D eigenvalue weighted by Gasteiger charge is 2.45. The number of benzene rings is 3. The molecule has 2 aliphatic rings. The van der Waals surface area contributed by atoms with Gasteiger partial charge < -0.3 is 26.2 Å². The first kappa shape index (κ1) is 34.5. The van der Waals surface area contributed by atoms with Crippen LogP contribution in [0, 0.1) is 0 Å². The van der Waals surface area contributed by atoms with Crippen LogP contribution in [0.5, 0.6) is 11.5 Å². The van der Waals surface area contributed by atoms with E-state index in [9.17, 15) is 29.1 Å². The number of aromatic hydroxyl groups is 1. The lowest BCUT2D eigenvalue weighted by Crippen LogP contribution is -2.54. The lowest BCUT2D eigenvalue weighted by molar-refractivity contribution is -0.136. The number of nitrogens with zero attached hydrogens (tertiary/aromatic N) is 3. The highest BCUT2D eigenvalue weighted by atomic mass is 16.5. The van der Waals surface area contributed by atoms with Gasteiger partial charge in [0.05, 0.1) is 17.7 Å². The van der Waals surface area contributed by atoms with E-state index < -0.39 is 29.7 Å². The summed E-state index contributed by atoms with van der Waals surface area (Å²) in [6.45, 7) is 1.35. The molecule has 1 saturated heterocycles. The smallest absolute Gasteiger partial charge is 0.264 e. The molecule has 0 aliphatic carbocycles. The Labute approximate surface area is 293 Å². The summed E-state index contributed by atoms with van der Waals surface area (Å²) in [5.41, 5.74) is 9.39. The van der Waals surface area contributed by atoms with Crippen molar-refractivity contribution in [3.63, 3.8) is 0 Å². The number of piperidine rings is 1. The van der Waals surface area contributed by atoms with E-state index in [1.54, 1.807) is 60.7 Å². The fourth-order valence-electron chi connectivity index (χ4n) is 6.04. The van der Waals surface area contributed by atoms with E-state index in [0.717, 1.165) is 29.7 Å². The first-order chi connectivity index (χ1) is 24.7. The fraction of sp³-hybridized carbons (Fsp3) is 0.270. The van der Waals surface area contributed by atoms with Crippen molar-refractivity contribution in [3.8, 4) is 22.8 Å². The minimum absolute atomic E-state index is 0.0617. The van der Waals surface area contributed by atoms with E-state index in [2.05, 4.69) is 26.1 Å². The summed E-state index contributed by atoms with van der Waals surface area (Å²) in [6.07, 6.45) is 3.04. The minimum atomic E-state index is -1.01. The summed E-state index contributed by atoms with van der Waals surface area (Å²) in [6, 6.07) is 19.7. The van der Waals surface area contributed by atoms with Gasteiger partial charge in [-0.25, -0.2) is 0 Å². The molecule has 1 unspecified atom stereocenters. The number of carbonyl (C=O) groups is 5. The number of unbranched alkanes of at least 4 members (excludes halogenated alkanes) is 2. The normalized spacial score (nSPS) is 15.4. The van der Waals surface area contributed by atoms with Gasteiger partial charge in [-0.2, -0.15) is 0 Å². The Hall–Kier alpha value is -6.31. The van der Waals surface area contributed by atoms with E-state index in [1.807, 2.05) is 12.1 Å². The summed E-state index contributed by atoms with van der Waals surface area (Å²) in [5.74, 6) is -1.75. The molecule has 1 fully saturated rings. The van der Waals surface area contributed by atoms with E-state index in [0.29, 0.717) is 54.4 Å². The van der Waals surface area contributed by atoms with Crippen LogP contribution in [0.2, 0.25) is 0 Å². The molecule has 5 amide bonds. The zero-order chi connectivity index (χ0) is 35.9. The summed E-state index contributed by atoms with van der Waals surface area (Å²) >= 11 is 0. The van der Waals surface area contributed by atoms with Crippen molar-refractivity contribution >= 4 is 41.0 Å². The molecule has 0 bridgehead atoms. The van der Waals surface area contributed by atoms with Crippen molar-refractivity contribution < 1.29 is 33.8 Å². The number of carbonyl (C=O) groups excluding carboxylic acids is 5. The van der Waals surface area contributed by atoms with Crippen LogP contribution in [0.1, 0.15) is 68.7 Å². The van der Waals surface area contributed by atoms with Gasteiger partial charge in [-0.05, 0) is 67.6 Å². The number of imide groups is 2. The van der Waals surface area contributed by atoms with Crippen molar-refractivity contribution in [2.24, 2.45) is 0 Å². The second-order valence-corrected chi connectivity index (χ2v) is 12.2. The van der Waals surface area contributed by atoms with Gasteiger partial charge in [0.2, 0.25) is 11.8 Å². The second-order valence-electron chi connectivity index (χ2n) is 12.2. The zero-order valence-corrected chi connectivity index (χ0v) is 27.7. The van der Waals surface area contributed by atoms with Crippen LogP contribution in [0.4, 0.5) is 11.5 Å². The fourth-order valence-corrected chi connectivity index (χ4v) is 6.04. The number of hydrogen-bond acceptors (Lipinski definition) is 11. The molecule has 3 aromatic carbocycles. The van der Waals surface area contributed by atoms with Crippen molar-refractivity contribution in [2.75, 3.05) is 30.7 Å². The maximum absolute atomic E-state index is 13.2. The average Bonchev–Trinajstić information content (AvgIpc) is 3.38. The van der Waals surface area contributed by atoms with E-state index in [1.165, 1.54) is 0 Å². The maximum Gasteiger partial charge on any atom is 0.264 e. The maximum atomic E-state index is 13.2. The Morgan fingerprint density at radius 1 is 0.922 bits per heavy atom. The monoisotopic (exact) mass is 691 g/mol. The van der Waals surface area contributed by atoms with Crippen LogP contribution in [0.3, 0.4) is 0 Å². The molecular weight excluding hydrogens is 654 g/mol. The van der Waals surface area contributed by atoms with E-state index in [4.69, 9.17) is 10.5 Å². The SMILES string of the molecule is Nc1nnc(-c2ccccc2O)cc1OCCc1ccc(C(=O)NCCCCCNc2cccc3c2C(=O)N(C2CCC(=O)NC2=O)C3=O)cc1. The van der Waals surface area contributed by atoms with Gasteiger partial charge in [0.1, 0.15) is 17.5 Å². The van der Waals surface area contributed by atoms with Gasteiger partial charge in [0.25, 0.3) is 17.7 Å². The van der Waals surface area contributed by atoms with Crippen molar-refractivity contribution in [3.05, 3.63) is 95.1 Å². The lowest BCUT2D eigenvalue weighted by Gasteiger charge is -2.27. The molecule has 51 heavy (non-hydrogen) atoms. The number of fused-ring (bicyclic) bond motifs is 1. The lowest BCUT2D eigenvalue weighted by atomic mass is 10.0. The van der Waals surface area contributed by atoms with Gasteiger partial charge in [-0.3, -0.25) is 34.2 Å². The highest BCUT2D eigenvalue weighted by molar-refractivity contribution is 6.25. The van der Waals surface area contributed by atoms with Gasteiger partial charge in [0, 0.05) is 48.8 Å². The number of ether oxygens (including phenoxy) is 1. The Morgan fingerprint density at radius 2 is 1.69 bits per heavy atom. The van der Waals surface area contributed by atoms with Crippen LogP contribution >= 0.6 is 0 Å². The van der Waals surface area contributed by atoms with Crippen LogP contribution in [0.15, 0.2) is 72.8 Å². The van der Waals surface area contributed by atoms with Gasteiger partial charge in [0.15, 0.2) is 11.6 Å². The largest absolute Gasteiger partial charge is 0.507 e. The summed E-state index contributed by atoms with van der Waals surface area (Å²) in [4.78, 5) is 63.8. The van der Waals surface area contributed by atoms with Gasteiger partial charge >= 0.3 is 0 Å². The first-order valence-electron chi connectivity index (χ1n) is 16.7. The average molecular weight is 692 g/mol. The van der Waals surface area contributed by atoms with Crippen molar-refractivity contribution in [1.82, 2.24) is 25.7 Å². The third-order valence-corrected chi connectivity index (χ3v) is 8.75. The molecule has 2 aliphatic heterocycles. The van der Waals surface area contributed by atoms with Crippen molar-refractivity contribution in [2.45, 2.75) is 44.6 Å². The number of aromatic nitrogens is 2. The topological polar surface area (TPSA) is 206 Å². The third-order valence-electron chi connectivity index (χ3n) is 8.75. The molecular formula is C37H37N7O7. The number of rotatable bonds is 14. The molecule has 4 aromatic rings. The first-order valence-corrected chi connectivity index (χ1v) is 16.7. The Balaban J connectivity index is 0.903. The molecule has 14 nitrogen and oxygen atoms in total. The standard InChI is InChI=1S/C37H37N7O7/c38-33-30(21-27(42-43-33)24-7-2-3-10-29(24)45)51-20-17-22-11-13-23(14-12-22)34(47)40-19-5-1-4-18-39-26-9-6-8-25-32(26)37(50)44(36(25)49)28-15-16-31(46)41-35(28)48/h2-3,6-14,21,28,39,45H,1,4-5,15-20H2,(H2,38,43)(H,40,47)(H,41,46,48). The zero-order valence-electron chi connectivity index (χ0n) is 27.7. The number of para-hydroxylation sites is 1. The van der Waals surface area contributed by atoms with Crippen LogP contribution < -0.4 is 26.4 Å². The number of anilines is 2. The third kappa shape index (κ3) is 7.80. The van der Waals surface area contributed by atoms with E-state index in [-0.39, 0.29) is 41.4 Å². The molecule has 0 radical (unpaired) electrons. The van der Waals surface area contributed by atoms with Crippen LogP contribution in [-0.2, 0) is 16.0 Å². The summed E-state index contributed by atoms with van der Waals surface area (Å²) in [7, 11) is 0.